The summed E-state index contributed by atoms with van der Waals surface area (Å²) in [6.07, 6.45) is 67.2. The van der Waals surface area contributed by atoms with Gasteiger partial charge in [-0.2, -0.15) is 0 Å². The first-order valence-electron chi connectivity index (χ1n) is 25.7. The van der Waals surface area contributed by atoms with Crippen molar-refractivity contribution in [2.75, 3.05) is 40.9 Å². The maximum Gasteiger partial charge on any atom is 0.268 e. The second-order valence-electron chi connectivity index (χ2n) is 18.1. The zero-order valence-electron chi connectivity index (χ0n) is 42.1. The Morgan fingerprint density at radius 2 is 0.954 bits per heavy atom. The number of aliphatic hydroxyl groups excluding tert-OH is 1. The van der Waals surface area contributed by atoms with Crippen LogP contribution in [0.2, 0.25) is 0 Å². The van der Waals surface area contributed by atoms with Crippen LogP contribution in [0.1, 0.15) is 187 Å². The lowest BCUT2D eigenvalue weighted by Crippen LogP contribution is -2.45. The molecule has 0 radical (unpaired) electrons. The van der Waals surface area contributed by atoms with Gasteiger partial charge in [-0.1, -0.05) is 200 Å². The maximum atomic E-state index is 12.9. The van der Waals surface area contributed by atoms with E-state index in [1.807, 2.05) is 27.2 Å². The number of quaternary nitrogens is 1. The highest BCUT2D eigenvalue weighted by atomic mass is 31.2. The molecular formula is C56H97N2O6P. The summed E-state index contributed by atoms with van der Waals surface area (Å²) in [5.74, 6) is -0.232. The quantitative estimate of drug-likeness (QED) is 0.0273. The first-order valence-corrected chi connectivity index (χ1v) is 27.2. The van der Waals surface area contributed by atoms with Crippen molar-refractivity contribution in [1.82, 2.24) is 5.32 Å². The summed E-state index contributed by atoms with van der Waals surface area (Å²) in [6.45, 7) is 4.47. The molecule has 65 heavy (non-hydrogen) atoms. The van der Waals surface area contributed by atoms with Crippen molar-refractivity contribution >= 4 is 13.7 Å². The second kappa shape index (κ2) is 46.3. The number of phosphoric acid groups is 1. The van der Waals surface area contributed by atoms with Crippen LogP contribution in [0.15, 0.2) is 109 Å². The summed E-state index contributed by atoms with van der Waals surface area (Å²) in [5.41, 5.74) is 0. The van der Waals surface area contributed by atoms with E-state index in [0.29, 0.717) is 17.4 Å². The first kappa shape index (κ1) is 62.2. The standard InChI is InChI=1S/C56H97N2O6P/c1-6-8-10-12-14-16-18-20-22-24-25-26-27-28-29-30-31-32-33-34-36-38-40-42-44-46-48-50-56(60)57-54(53-64-65(61,62)63-52-51-58(3,4)5)55(59)49-47-45-43-41-39-37-35-23-21-19-17-15-13-11-9-7-2/h8,10,14,16,20,22,25-26,28-29,31-32,34,36,39,41,47,49,54-55,59H,6-7,9,11-13,15,17-19,21,23-24,27,30,33,35,37-38,40,42-46,48,50-53H2,1-5H3,(H-,57,60,61,62)/b10-8-,16-14-,22-20-,26-25-,29-28-,32-31-,36-34-,41-39+,49-47+. The van der Waals surface area contributed by atoms with Crippen LogP contribution in [0, 0.1) is 0 Å². The molecule has 0 aliphatic carbocycles. The molecule has 0 saturated heterocycles. The van der Waals surface area contributed by atoms with E-state index in [2.05, 4.69) is 116 Å². The molecule has 0 heterocycles. The normalized spacial score (nSPS) is 15.0. The van der Waals surface area contributed by atoms with E-state index in [0.717, 1.165) is 103 Å². The molecule has 3 atom stereocenters. The molecule has 1 amide bonds. The van der Waals surface area contributed by atoms with Crippen molar-refractivity contribution in [1.29, 1.82) is 0 Å². The number of phosphoric ester groups is 1. The molecule has 3 unspecified atom stereocenters. The number of hydrogen-bond acceptors (Lipinski definition) is 6. The van der Waals surface area contributed by atoms with E-state index < -0.39 is 26.6 Å². The molecule has 0 saturated carbocycles. The Bertz CT molecular complexity index is 1420. The third kappa shape index (κ3) is 48.9. The maximum absolute atomic E-state index is 12.9. The van der Waals surface area contributed by atoms with Crippen LogP contribution in [0.25, 0.3) is 0 Å². The van der Waals surface area contributed by atoms with Gasteiger partial charge in [0.1, 0.15) is 13.2 Å². The van der Waals surface area contributed by atoms with Gasteiger partial charge in [0, 0.05) is 6.42 Å². The number of carbonyl (C=O) groups excluding carboxylic acids is 1. The van der Waals surface area contributed by atoms with E-state index in [9.17, 15) is 19.4 Å². The number of rotatable bonds is 45. The van der Waals surface area contributed by atoms with Crippen molar-refractivity contribution in [3.05, 3.63) is 109 Å². The summed E-state index contributed by atoms with van der Waals surface area (Å²) in [4.78, 5) is 25.4. The minimum atomic E-state index is -4.61. The Labute approximate surface area is 400 Å². The summed E-state index contributed by atoms with van der Waals surface area (Å²) in [7, 11) is 1.21. The fraction of sp³-hybridized carbons (Fsp3) is 0.661. The number of amides is 1. The highest BCUT2D eigenvalue weighted by Crippen LogP contribution is 2.38. The number of nitrogens with zero attached hydrogens (tertiary/aromatic N) is 1. The number of unbranched alkanes of at least 4 members (excludes halogenated alkanes) is 16. The van der Waals surface area contributed by atoms with Crippen LogP contribution < -0.4 is 10.2 Å². The molecule has 0 aliphatic rings. The summed E-state index contributed by atoms with van der Waals surface area (Å²) in [5, 5.41) is 13.8. The molecule has 8 nitrogen and oxygen atoms in total. The Hall–Kier alpha value is -2.84. The summed E-state index contributed by atoms with van der Waals surface area (Å²) >= 11 is 0. The Kier molecular flexibility index (Phi) is 44.3. The number of nitrogens with one attached hydrogen (secondary N) is 1. The Morgan fingerprint density at radius 1 is 0.554 bits per heavy atom. The largest absolute Gasteiger partial charge is 0.756 e. The van der Waals surface area contributed by atoms with Crippen molar-refractivity contribution in [3.63, 3.8) is 0 Å². The van der Waals surface area contributed by atoms with Crippen LogP contribution in [-0.2, 0) is 18.4 Å². The predicted octanol–water partition coefficient (Wildman–Crippen LogP) is 14.6. The van der Waals surface area contributed by atoms with Crippen molar-refractivity contribution in [2.24, 2.45) is 0 Å². The van der Waals surface area contributed by atoms with Crippen molar-refractivity contribution in [3.8, 4) is 0 Å². The lowest BCUT2D eigenvalue weighted by molar-refractivity contribution is -0.870. The van der Waals surface area contributed by atoms with E-state index in [-0.39, 0.29) is 12.5 Å². The molecule has 372 valence electrons. The predicted molar refractivity (Wildman–Crippen MR) is 279 cm³/mol. The van der Waals surface area contributed by atoms with Crippen LogP contribution in [0.4, 0.5) is 0 Å². The lowest BCUT2D eigenvalue weighted by atomic mass is 10.1. The SMILES string of the molecule is CC/C=C\C/C=C\C/C=C\C/C=C\C/C=C\C/C=C\C/C=C\CCCCCCCC(=O)NC(COP(=O)([O-])OCC[N+](C)(C)C)C(O)/C=C/CC/C=C/CCCCCCCCCCCC. The van der Waals surface area contributed by atoms with E-state index in [1.165, 1.54) is 64.2 Å². The molecule has 0 aromatic carbocycles. The van der Waals surface area contributed by atoms with E-state index >= 15 is 0 Å². The Balaban J connectivity index is 4.40. The van der Waals surface area contributed by atoms with E-state index in [4.69, 9.17) is 9.05 Å². The van der Waals surface area contributed by atoms with Gasteiger partial charge in [-0.15, -0.1) is 0 Å². The zero-order chi connectivity index (χ0) is 47.8. The van der Waals surface area contributed by atoms with Gasteiger partial charge < -0.3 is 28.8 Å². The van der Waals surface area contributed by atoms with Crippen LogP contribution in [0.5, 0.6) is 0 Å². The zero-order valence-corrected chi connectivity index (χ0v) is 43.0. The molecule has 0 aliphatic heterocycles. The van der Waals surface area contributed by atoms with Gasteiger partial charge in [-0.3, -0.25) is 9.36 Å². The number of hydrogen-bond donors (Lipinski definition) is 2. The molecule has 0 rings (SSSR count). The van der Waals surface area contributed by atoms with Gasteiger partial charge in [0.25, 0.3) is 7.82 Å². The molecule has 0 aromatic heterocycles. The third-order valence-electron chi connectivity index (χ3n) is 10.7. The number of carbonyl (C=O) groups is 1. The second-order valence-corrected chi connectivity index (χ2v) is 19.5. The van der Waals surface area contributed by atoms with Gasteiger partial charge in [0.2, 0.25) is 5.91 Å². The highest BCUT2D eigenvalue weighted by Gasteiger charge is 2.23. The van der Waals surface area contributed by atoms with Crippen LogP contribution in [-0.4, -0.2) is 68.5 Å². The summed E-state index contributed by atoms with van der Waals surface area (Å²) < 4.78 is 23.2. The average molecular weight is 925 g/mol. The lowest BCUT2D eigenvalue weighted by Gasteiger charge is -2.29. The van der Waals surface area contributed by atoms with Gasteiger partial charge in [0.15, 0.2) is 0 Å². The van der Waals surface area contributed by atoms with Crippen molar-refractivity contribution in [2.45, 2.75) is 199 Å². The number of aliphatic hydroxyl groups is 1. The monoisotopic (exact) mass is 925 g/mol. The van der Waals surface area contributed by atoms with Crippen molar-refractivity contribution < 1.29 is 32.9 Å². The van der Waals surface area contributed by atoms with Gasteiger partial charge in [-0.25, -0.2) is 0 Å². The van der Waals surface area contributed by atoms with Gasteiger partial charge in [0.05, 0.1) is 39.9 Å². The molecule has 9 heteroatoms. The Morgan fingerprint density at radius 3 is 1.43 bits per heavy atom. The fourth-order valence-electron chi connectivity index (χ4n) is 6.68. The third-order valence-corrected chi connectivity index (χ3v) is 11.7. The van der Waals surface area contributed by atoms with E-state index in [1.54, 1.807) is 6.08 Å². The molecule has 0 fully saturated rings. The molecule has 0 bridgehead atoms. The first-order chi connectivity index (χ1) is 31.5. The minimum absolute atomic E-state index is 0.0168. The molecule has 0 aromatic rings. The smallest absolute Gasteiger partial charge is 0.268 e. The van der Waals surface area contributed by atoms with Crippen LogP contribution in [0.3, 0.4) is 0 Å². The number of allylic oxidation sites excluding steroid dienone is 17. The molecule has 2 N–H and O–H groups in total. The number of likely N-dealkylation sites (N-methyl/N-ethyl adjacent to an activating group) is 1. The van der Waals surface area contributed by atoms with Gasteiger partial charge >= 0.3 is 0 Å². The highest BCUT2D eigenvalue weighted by molar-refractivity contribution is 7.45. The summed E-state index contributed by atoms with van der Waals surface area (Å²) in [6, 6.07) is -0.922. The fourth-order valence-corrected chi connectivity index (χ4v) is 7.40. The topological polar surface area (TPSA) is 108 Å². The van der Waals surface area contributed by atoms with Crippen LogP contribution >= 0.6 is 7.82 Å². The average Bonchev–Trinajstić information content (AvgIpc) is 3.26. The van der Waals surface area contributed by atoms with Gasteiger partial charge in [-0.05, 0) is 89.9 Å². The minimum Gasteiger partial charge on any atom is -0.756 e. The molecular weight excluding hydrogens is 828 g/mol. The molecule has 0 spiro atoms.